The molecule has 2 aromatic carbocycles. The van der Waals surface area contributed by atoms with Gasteiger partial charge in [-0.2, -0.15) is 0 Å². The first-order valence-electron chi connectivity index (χ1n) is 8.74. The van der Waals surface area contributed by atoms with Gasteiger partial charge in [0.1, 0.15) is 6.54 Å². The molecule has 2 rings (SSSR count). The van der Waals surface area contributed by atoms with E-state index in [1.54, 1.807) is 25.1 Å². The number of anilines is 1. The van der Waals surface area contributed by atoms with E-state index < -0.39 is 10.0 Å². The second-order valence-corrected chi connectivity index (χ2v) is 8.85. The zero-order valence-corrected chi connectivity index (χ0v) is 17.6. The second-order valence-electron chi connectivity index (χ2n) is 6.54. The van der Waals surface area contributed by atoms with Crippen LogP contribution in [0.3, 0.4) is 0 Å². The lowest BCUT2D eigenvalue weighted by Crippen LogP contribution is -2.41. The molecule has 0 bridgehead atoms. The van der Waals surface area contributed by atoms with Gasteiger partial charge in [-0.15, -0.1) is 0 Å². The van der Waals surface area contributed by atoms with Crippen molar-refractivity contribution in [3.63, 3.8) is 0 Å². The van der Waals surface area contributed by atoms with E-state index in [4.69, 9.17) is 11.6 Å². The summed E-state index contributed by atoms with van der Waals surface area (Å²) in [5.41, 5.74) is 3.20. The van der Waals surface area contributed by atoms with Crippen molar-refractivity contribution in [1.82, 2.24) is 5.32 Å². The summed E-state index contributed by atoms with van der Waals surface area (Å²) in [6, 6.07) is 12.7. The van der Waals surface area contributed by atoms with Crippen LogP contribution in [0.4, 0.5) is 5.69 Å². The van der Waals surface area contributed by atoms with E-state index in [-0.39, 0.29) is 18.5 Å². The summed E-state index contributed by atoms with van der Waals surface area (Å²) >= 11 is 6.11. The number of sulfonamides is 1. The molecule has 0 aromatic heterocycles. The highest BCUT2D eigenvalue weighted by Crippen LogP contribution is 2.28. The minimum atomic E-state index is -3.65. The summed E-state index contributed by atoms with van der Waals surface area (Å²) < 4.78 is 25.6. The molecule has 146 valence electrons. The molecule has 2 aromatic rings. The van der Waals surface area contributed by atoms with E-state index in [9.17, 15) is 13.2 Å². The van der Waals surface area contributed by atoms with Crippen molar-refractivity contribution in [3.05, 3.63) is 64.2 Å². The Kier molecular flexibility index (Phi) is 6.89. The highest BCUT2D eigenvalue weighted by Gasteiger charge is 2.23. The summed E-state index contributed by atoms with van der Waals surface area (Å²) in [4.78, 5) is 12.5. The third-order valence-electron chi connectivity index (χ3n) is 4.46. The minimum absolute atomic E-state index is 0.231. The first kappa shape index (κ1) is 21.3. The standard InChI is InChI=1S/C20H25ClN2O3S/c1-5-16-9-11-17(12-10-16)15(3)22-20(24)13-23(27(4,25)26)19-8-6-7-18(21)14(19)2/h6-12,15H,5,13H2,1-4H3,(H,22,24). The molecule has 0 saturated carbocycles. The van der Waals surface area contributed by atoms with Crippen molar-refractivity contribution in [2.24, 2.45) is 0 Å². The van der Waals surface area contributed by atoms with Gasteiger partial charge in [0.15, 0.2) is 0 Å². The van der Waals surface area contributed by atoms with Crippen molar-refractivity contribution in [2.45, 2.75) is 33.2 Å². The quantitative estimate of drug-likeness (QED) is 0.756. The molecular formula is C20H25ClN2O3S. The van der Waals surface area contributed by atoms with Gasteiger partial charge in [0.2, 0.25) is 15.9 Å². The van der Waals surface area contributed by atoms with Crippen LogP contribution in [0, 0.1) is 6.92 Å². The Bertz CT molecular complexity index is 911. The third kappa shape index (κ3) is 5.47. The molecule has 5 nitrogen and oxygen atoms in total. The van der Waals surface area contributed by atoms with Gasteiger partial charge < -0.3 is 5.32 Å². The maximum absolute atomic E-state index is 12.5. The van der Waals surface area contributed by atoms with E-state index in [0.717, 1.165) is 22.5 Å². The molecule has 27 heavy (non-hydrogen) atoms. The number of amides is 1. The van der Waals surface area contributed by atoms with Crippen LogP contribution in [-0.4, -0.2) is 27.1 Å². The lowest BCUT2D eigenvalue weighted by molar-refractivity contribution is -0.120. The van der Waals surface area contributed by atoms with Crippen molar-refractivity contribution in [2.75, 3.05) is 17.1 Å². The van der Waals surface area contributed by atoms with E-state index in [2.05, 4.69) is 12.2 Å². The van der Waals surface area contributed by atoms with Crippen LogP contribution >= 0.6 is 11.6 Å². The molecule has 1 amide bonds. The topological polar surface area (TPSA) is 66.5 Å². The molecule has 0 radical (unpaired) electrons. The van der Waals surface area contributed by atoms with Gasteiger partial charge in [-0.1, -0.05) is 48.9 Å². The Morgan fingerprint density at radius 1 is 1.19 bits per heavy atom. The van der Waals surface area contributed by atoms with Gasteiger partial charge in [-0.05, 0) is 49.1 Å². The predicted octanol–water partition coefficient (Wildman–Crippen LogP) is 3.85. The number of carbonyl (C=O) groups is 1. The van der Waals surface area contributed by atoms with Crippen LogP contribution in [0.2, 0.25) is 5.02 Å². The van der Waals surface area contributed by atoms with Crippen LogP contribution in [0.25, 0.3) is 0 Å². The van der Waals surface area contributed by atoms with Crippen LogP contribution < -0.4 is 9.62 Å². The third-order valence-corrected chi connectivity index (χ3v) is 6.00. The molecule has 0 saturated heterocycles. The van der Waals surface area contributed by atoms with Gasteiger partial charge >= 0.3 is 0 Å². The van der Waals surface area contributed by atoms with Crippen molar-refractivity contribution >= 4 is 33.2 Å². The largest absolute Gasteiger partial charge is 0.348 e. The minimum Gasteiger partial charge on any atom is -0.348 e. The molecule has 7 heteroatoms. The Labute approximate surface area is 166 Å². The normalized spacial score (nSPS) is 12.5. The number of rotatable bonds is 7. The lowest BCUT2D eigenvalue weighted by Gasteiger charge is -2.25. The van der Waals surface area contributed by atoms with E-state index in [1.165, 1.54) is 5.56 Å². The van der Waals surface area contributed by atoms with Crippen molar-refractivity contribution in [1.29, 1.82) is 0 Å². The maximum atomic E-state index is 12.5. The Morgan fingerprint density at radius 3 is 2.37 bits per heavy atom. The Balaban J connectivity index is 2.17. The number of benzene rings is 2. The average molecular weight is 409 g/mol. The van der Waals surface area contributed by atoms with Gasteiger partial charge in [0.25, 0.3) is 0 Å². The first-order chi connectivity index (χ1) is 12.6. The molecule has 0 spiro atoms. The Morgan fingerprint density at radius 2 is 1.81 bits per heavy atom. The maximum Gasteiger partial charge on any atom is 0.241 e. The summed E-state index contributed by atoms with van der Waals surface area (Å²) in [7, 11) is -3.65. The number of hydrogen-bond donors (Lipinski definition) is 1. The second kappa shape index (κ2) is 8.76. The number of hydrogen-bond acceptors (Lipinski definition) is 3. The summed E-state index contributed by atoms with van der Waals surface area (Å²) in [5.74, 6) is -0.383. The van der Waals surface area contributed by atoms with Gasteiger partial charge in [-0.25, -0.2) is 8.42 Å². The zero-order chi connectivity index (χ0) is 20.2. The van der Waals surface area contributed by atoms with Gasteiger partial charge in [-0.3, -0.25) is 9.10 Å². The number of nitrogens with zero attached hydrogens (tertiary/aromatic N) is 1. The first-order valence-corrected chi connectivity index (χ1v) is 11.0. The predicted molar refractivity (Wildman–Crippen MR) is 111 cm³/mol. The lowest BCUT2D eigenvalue weighted by atomic mass is 10.1. The SMILES string of the molecule is CCc1ccc(C(C)NC(=O)CN(c2cccc(Cl)c2C)S(C)(=O)=O)cc1. The summed E-state index contributed by atoms with van der Waals surface area (Å²) in [6.45, 7) is 5.37. The number of aryl methyl sites for hydroxylation is 1. The molecule has 1 unspecified atom stereocenters. The van der Waals surface area contributed by atoms with Gasteiger partial charge in [0.05, 0.1) is 18.0 Å². The molecule has 0 aliphatic carbocycles. The molecule has 0 aliphatic heterocycles. The molecule has 0 aliphatic rings. The number of halogens is 1. The van der Waals surface area contributed by atoms with Crippen LogP contribution in [0.1, 0.15) is 36.6 Å². The fraction of sp³-hybridized carbons (Fsp3) is 0.350. The highest BCUT2D eigenvalue weighted by molar-refractivity contribution is 7.92. The van der Waals surface area contributed by atoms with Crippen molar-refractivity contribution < 1.29 is 13.2 Å². The monoisotopic (exact) mass is 408 g/mol. The van der Waals surface area contributed by atoms with Gasteiger partial charge in [0, 0.05) is 5.02 Å². The van der Waals surface area contributed by atoms with Crippen molar-refractivity contribution in [3.8, 4) is 0 Å². The summed E-state index contributed by atoms with van der Waals surface area (Å²) in [5, 5.41) is 3.31. The zero-order valence-electron chi connectivity index (χ0n) is 16.0. The smallest absolute Gasteiger partial charge is 0.241 e. The number of nitrogens with one attached hydrogen (secondary N) is 1. The summed E-state index contributed by atoms with van der Waals surface area (Å²) in [6.07, 6.45) is 2.02. The van der Waals surface area contributed by atoms with E-state index >= 15 is 0 Å². The molecule has 1 N–H and O–H groups in total. The Hall–Kier alpha value is -2.05. The van der Waals surface area contributed by atoms with Crippen LogP contribution in [0.5, 0.6) is 0 Å². The molecular weight excluding hydrogens is 384 g/mol. The number of carbonyl (C=O) groups excluding carboxylic acids is 1. The molecule has 0 heterocycles. The van der Waals surface area contributed by atoms with E-state index in [0.29, 0.717) is 16.3 Å². The molecule has 1 atom stereocenters. The van der Waals surface area contributed by atoms with Crippen LogP contribution in [0.15, 0.2) is 42.5 Å². The average Bonchev–Trinajstić information content (AvgIpc) is 2.61. The van der Waals surface area contributed by atoms with E-state index in [1.807, 2.05) is 31.2 Å². The molecule has 0 fully saturated rings. The van der Waals surface area contributed by atoms with Crippen LogP contribution in [-0.2, 0) is 21.2 Å². The highest BCUT2D eigenvalue weighted by atomic mass is 35.5. The fourth-order valence-electron chi connectivity index (χ4n) is 2.79. The fourth-order valence-corrected chi connectivity index (χ4v) is 3.87.